The Hall–Kier alpha value is -3.08. The maximum Gasteiger partial charge on any atom is 0.336 e. The molecule has 1 N–H and O–H groups in total. The molecule has 2 aromatic carbocycles. The van der Waals surface area contributed by atoms with Crippen molar-refractivity contribution in [2.24, 2.45) is 0 Å². The van der Waals surface area contributed by atoms with E-state index in [2.05, 4.69) is 5.32 Å². The van der Waals surface area contributed by atoms with Crippen LogP contribution in [0.3, 0.4) is 0 Å². The first-order valence-corrected chi connectivity index (χ1v) is 7.07. The highest BCUT2D eigenvalue weighted by Gasteiger charge is 2.12. The number of para-hydroxylation sites is 1. The summed E-state index contributed by atoms with van der Waals surface area (Å²) in [6, 6.07) is 13.6. The molecule has 1 amide bonds. The largest absolute Gasteiger partial charge is 0.496 e. The van der Waals surface area contributed by atoms with Gasteiger partial charge in [0, 0.05) is 17.1 Å². The molecule has 3 aromatic rings. The molecular weight excluding hydrogens is 294 g/mol. The van der Waals surface area contributed by atoms with Crippen molar-refractivity contribution < 1.29 is 13.9 Å². The second-order valence-corrected chi connectivity index (χ2v) is 5.11. The Bertz CT molecular complexity index is 943. The molecule has 1 aromatic heterocycles. The van der Waals surface area contributed by atoms with Gasteiger partial charge < -0.3 is 14.5 Å². The quantitative estimate of drug-likeness (QED) is 0.753. The average molecular weight is 309 g/mol. The minimum atomic E-state index is -0.388. The van der Waals surface area contributed by atoms with Gasteiger partial charge >= 0.3 is 5.63 Å². The summed E-state index contributed by atoms with van der Waals surface area (Å²) in [5.41, 5.74) is 1.97. The monoisotopic (exact) mass is 309 g/mol. The Morgan fingerprint density at radius 1 is 1.13 bits per heavy atom. The maximum atomic E-state index is 12.4. The van der Waals surface area contributed by atoms with Crippen molar-refractivity contribution in [3.63, 3.8) is 0 Å². The van der Waals surface area contributed by atoms with E-state index >= 15 is 0 Å². The minimum absolute atomic E-state index is 0.267. The Balaban J connectivity index is 1.95. The Kier molecular flexibility index (Phi) is 3.85. The highest BCUT2D eigenvalue weighted by Crippen LogP contribution is 2.23. The van der Waals surface area contributed by atoms with E-state index in [1.165, 1.54) is 13.2 Å². The van der Waals surface area contributed by atoms with Crippen molar-refractivity contribution in [2.75, 3.05) is 12.4 Å². The Morgan fingerprint density at radius 3 is 2.70 bits per heavy atom. The number of amides is 1. The van der Waals surface area contributed by atoms with Gasteiger partial charge in [0.05, 0.1) is 12.7 Å². The smallest absolute Gasteiger partial charge is 0.336 e. The fourth-order valence-electron chi connectivity index (χ4n) is 2.43. The van der Waals surface area contributed by atoms with E-state index in [4.69, 9.17) is 9.15 Å². The lowest BCUT2D eigenvalue weighted by Gasteiger charge is -2.10. The Morgan fingerprint density at radius 2 is 1.91 bits per heavy atom. The molecule has 0 fully saturated rings. The zero-order valence-corrected chi connectivity index (χ0v) is 12.8. The first kappa shape index (κ1) is 14.8. The highest BCUT2D eigenvalue weighted by molar-refractivity contribution is 6.06. The van der Waals surface area contributed by atoms with E-state index in [9.17, 15) is 9.59 Å². The summed E-state index contributed by atoms with van der Waals surface area (Å²) in [4.78, 5) is 23.8. The third-order valence-electron chi connectivity index (χ3n) is 3.56. The van der Waals surface area contributed by atoms with E-state index in [0.29, 0.717) is 22.6 Å². The molecule has 23 heavy (non-hydrogen) atoms. The van der Waals surface area contributed by atoms with E-state index < -0.39 is 0 Å². The molecule has 5 heteroatoms. The number of benzene rings is 2. The average Bonchev–Trinajstić information content (AvgIpc) is 2.55. The summed E-state index contributed by atoms with van der Waals surface area (Å²) < 4.78 is 10.3. The summed E-state index contributed by atoms with van der Waals surface area (Å²) in [5, 5.41) is 3.61. The van der Waals surface area contributed by atoms with Gasteiger partial charge in [-0.2, -0.15) is 0 Å². The number of nitrogens with one attached hydrogen (secondary N) is 1. The predicted molar refractivity (Wildman–Crippen MR) is 88.2 cm³/mol. The standard InChI is InChI=1S/C18H15NO4/c1-11-9-17(20)23-16-8-7-12(10-14(11)16)19-18(21)13-5-3-4-6-15(13)22-2/h3-10H,1-2H3,(H,19,21). The summed E-state index contributed by atoms with van der Waals surface area (Å²) in [6.45, 7) is 1.82. The summed E-state index contributed by atoms with van der Waals surface area (Å²) >= 11 is 0. The summed E-state index contributed by atoms with van der Waals surface area (Å²) in [7, 11) is 1.52. The molecule has 1 heterocycles. The number of rotatable bonds is 3. The first-order chi connectivity index (χ1) is 11.1. The normalized spacial score (nSPS) is 10.5. The lowest BCUT2D eigenvalue weighted by molar-refractivity contribution is 0.102. The van der Waals surface area contributed by atoms with Crippen LogP contribution in [0.25, 0.3) is 11.0 Å². The first-order valence-electron chi connectivity index (χ1n) is 7.07. The number of hydrogen-bond acceptors (Lipinski definition) is 4. The number of hydrogen-bond donors (Lipinski definition) is 1. The molecular formula is C18H15NO4. The zero-order chi connectivity index (χ0) is 16.4. The molecule has 3 rings (SSSR count). The molecule has 0 aliphatic heterocycles. The van der Waals surface area contributed by atoms with E-state index in [0.717, 1.165) is 10.9 Å². The maximum absolute atomic E-state index is 12.4. The van der Waals surface area contributed by atoms with Crippen LogP contribution in [0.2, 0.25) is 0 Å². The molecule has 5 nitrogen and oxygen atoms in total. The molecule has 0 unspecified atom stereocenters. The molecule has 0 spiro atoms. The minimum Gasteiger partial charge on any atom is -0.496 e. The molecule has 0 aliphatic carbocycles. The number of carbonyl (C=O) groups excluding carboxylic acids is 1. The van der Waals surface area contributed by atoms with Crippen LogP contribution in [0.4, 0.5) is 5.69 Å². The van der Waals surface area contributed by atoms with Crippen molar-refractivity contribution in [1.82, 2.24) is 0 Å². The van der Waals surface area contributed by atoms with Crippen molar-refractivity contribution >= 4 is 22.6 Å². The lowest BCUT2D eigenvalue weighted by Crippen LogP contribution is -2.13. The molecule has 0 aliphatic rings. The van der Waals surface area contributed by atoms with E-state index in [1.54, 1.807) is 42.5 Å². The van der Waals surface area contributed by atoms with Crippen LogP contribution >= 0.6 is 0 Å². The van der Waals surface area contributed by atoms with Gasteiger partial charge in [0.25, 0.3) is 5.91 Å². The summed E-state index contributed by atoms with van der Waals surface area (Å²) in [6.07, 6.45) is 0. The van der Waals surface area contributed by atoms with Crippen LogP contribution < -0.4 is 15.7 Å². The number of anilines is 1. The number of fused-ring (bicyclic) bond motifs is 1. The SMILES string of the molecule is COc1ccccc1C(=O)Nc1ccc2oc(=O)cc(C)c2c1. The predicted octanol–water partition coefficient (Wildman–Crippen LogP) is 3.36. The zero-order valence-electron chi connectivity index (χ0n) is 12.8. The van der Waals surface area contributed by atoms with Crippen LogP contribution in [0.1, 0.15) is 15.9 Å². The van der Waals surface area contributed by atoms with Gasteiger partial charge in [-0.25, -0.2) is 4.79 Å². The Labute approximate surface area is 132 Å². The van der Waals surface area contributed by atoms with Gasteiger partial charge in [0.15, 0.2) is 0 Å². The molecule has 116 valence electrons. The molecule has 0 saturated heterocycles. The number of carbonyl (C=O) groups is 1. The fourth-order valence-corrected chi connectivity index (χ4v) is 2.43. The third-order valence-corrected chi connectivity index (χ3v) is 3.56. The van der Waals surface area contributed by atoms with Crippen LogP contribution in [0, 0.1) is 6.92 Å². The highest BCUT2D eigenvalue weighted by atomic mass is 16.5. The molecule has 0 bridgehead atoms. The van der Waals surface area contributed by atoms with Crippen LogP contribution in [-0.2, 0) is 0 Å². The van der Waals surface area contributed by atoms with Gasteiger partial charge in [-0.15, -0.1) is 0 Å². The third kappa shape index (κ3) is 2.94. The van der Waals surface area contributed by atoms with Crippen LogP contribution in [0.5, 0.6) is 5.75 Å². The van der Waals surface area contributed by atoms with Crippen molar-refractivity contribution in [3.8, 4) is 5.75 Å². The second-order valence-electron chi connectivity index (χ2n) is 5.11. The van der Waals surface area contributed by atoms with Crippen molar-refractivity contribution in [1.29, 1.82) is 0 Å². The van der Waals surface area contributed by atoms with Gasteiger partial charge in [-0.05, 0) is 42.8 Å². The van der Waals surface area contributed by atoms with Crippen molar-refractivity contribution in [3.05, 3.63) is 70.1 Å². The fraction of sp³-hybridized carbons (Fsp3) is 0.111. The van der Waals surface area contributed by atoms with E-state index in [-0.39, 0.29) is 11.5 Å². The van der Waals surface area contributed by atoms with E-state index in [1.807, 2.05) is 6.92 Å². The molecule has 0 radical (unpaired) electrons. The van der Waals surface area contributed by atoms with Crippen molar-refractivity contribution in [2.45, 2.75) is 6.92 Å². The topological polar surface area (TPSA) is 68.5 Å². The summed E-state index contributed by atoms with van der Waals surface area (Å²) in [5.74, 6) is 0.241. The van der Waals surface area contributed by atoms with Gasteiger partial charge in [0.1, 0.15) is 11.3 Å². The molecule has 0 saturated carbocycles. The molecule has 0 atom stereocenters. The number of aryl methyl sites for hydroxylation is 1. The van der Waals surface area contributed by atoms with Crippen LogP contribution in [-0.4, -0.2) is 13.0 Å². The van der Waals surface area contributed by atoms with Gasteiger partial charge in [-0.3, -0.25) is 4.79 Å². The second kappa shape index (κ2) is 5.96. The van der Waals surface area contributed by atoms with Gasteiger partial charge in [-0.1, -0.05) is 12.1 Å². The number of methoxy groups -OCH3 is 1. The number of ether oxygens (including phenoxy) is 1. The lowest BCUT2D eigenvalue weighted by atomic mass is 10.1. The van der Waals surface area contributed by atoms with Crippen LogP contribution in [0.15, 0.2) is 57.7 Å². The van der Waals surface area contributed by atoms with Gasteiger partial charge in [0.2, 0.25) is 0 Å².